The number of rotatable bonds is 7. The standard InChI is InChI=1S/C15H14N2O3S.C13H10N2O3S/c1-3-20-15(18)10-8-12-13(16-10)17-14(21-12)9-6-4-5-7-11(9)19-2;1-18-9-5-3-2-4-7(9)12-15-11-10(19-12)6-8(14-11)13(16)17/h4-8,16H,3H2,1-2H3;2-6,14H,1H3,(H,16,17). The lowest BCUT2D eigenvalue weighted by atomic mass is 10.2. The van der Waals surface area contributed by atoms with E-state index in [0.29, 0.717) is 23.6 Å². The minimum atomic E-state index is -0.982. The van der Waals surface area contributed by atoms with Gasteiger partial charge < -0.3 is 29.3 Å². The van der Waals surface area contributed by atoms with Gasteiger partial charge in [-0.1, -0.05) is 24.3 Å². The van der Waals surface area contributed by atoms with E-state index in [0.717, 1.165) is 42.0 Å². The van der Waals surface area contributed by atoms with Crippen molar-refractivity contribution in [1.82, 2.24) is 19.9 Å². The van der Waals surface area contributed by atoms with E-state index in [-0.39, 0.29) is 11.7 Å². The molecular weight excluding hydrogens is 552 g/mol. The number of ether oxygens (including phenoxy) is 3. The predicted molar refractivity (Wildman–Crippen MR) is 155 cm³/mol. The molecule has 2 aromatic carbocycles. The van der Waals surface area contributed by atoms with E-state index in [9.17, 15) is 9.59 Å². The minimum absolute atomic E-state index is 0.153. The van der Waals surface area contributed by atoms with E-state index in [2.05, 4.69) is 19.9 Å². The van der Waals surface area contributed by atoms with Crippen molar-refractivity contribution in [2.45, 2.75) is 6.92 Å². The number of hydrogen-bond acceptors (Lipinski definition) is 9. The fourth-order valence-corrected chi connectivity index (χ4v) is 5.92. The normalized spacial score (nSPS) is 10.8. The zero-order valence-electron chi connectivity index (χ0n) is 21.7. The summed E-state index contributed by atoms with van der Waals surface area (Å²) in [7, 11) is 3.25. The van der Waals surface area contributed by atoms with Crippen LogP contribution in [0.1, 0.15) is 27.9 Å². The number of hydrogen-bond donors (Lipinski definition) is 3. The highest BCUT2D eigenvalue weighted by Crippen LogP contribution is 2.37. The molecule has 0 unspecified atom stereocenters. The summed E-state index contributed by atoms with van der Waals surface area (Å²) in [6.07, 6.45) is 0. The first-order chi connectivity index (χ1) is 19.4. The van der Waals surface area contributed by atoms with Crippen LogP contribution in [0.5, 0.6) is 11.5 Å². The lowest BCUT2D eigenvalue weighted by Gasteiger charge is -2.04. The molecule has 12 heteroatoms. The van der Waals surface area contributed by atoms with Gasteiger partial charge in [0.15, 0.2) is 0 Å². The molecule has 6 aromatic rings. The molecule has 0 fully saturated rings. The van der Waals surface area contributed by atoms with Crippen molar-refractivity contribution in [2.75, 3.05) is 20.8 Å². The molecule has 0 aliphatic rings. The molecule has 10 nitrogen and oxygen atoms in total. The van der Waals surface area contributed by atoms with Crippen molar-refractivity contribution < 1.29 is 28.9 Å². The predicted octanol–water partition coefficient (Wildman–Crippen LogP) is 6.47. The Morgan fingerprint density at radius 1 is 0.800 bits per heavy atom. The zero-order valence-corrected chi connectivity index (χ0v) is 23.3. The molecule has 0 atom stereocenters. The van der Waals surface area contributed by atoms with Crippen LogP contribution in [0.15, 0.2) is 60.7 Å². The lowest BCUT2D eigenvalue weighted by molar-refractivity contribution is 0.0520. The van der Waals surface area contributed by atoms with Crippen LogP contribution in [0.4, 0.5) is 0 Å². The summed E-state index contributed by atoms with van der Waals surface area (Å²) in [4.78, 5) is 37.2. The van der Waals surface area contributed by atoms with Crippen LogP contribution in [0.2, 0.25) is 0 Å². The van der Waals surface area contributed by atoms with Crippen molar-refractivity contribution in [3.05, 3.63) is 72.1 Å². The van der Waals surface area contributed by atoms with E-state index < -0.39 is 5.97 Å². The molecule has 40 heavy (non-hydrogen) atoms. The van der Waals surface area contributed by atoms with E-state index in [1.807, 2.05) is 48.5 Å². The fraction of sp³-hybridized carbons (Fsp3) is 0.143. The number of esters is 1. The Balaban J connectivity index is 0.000000162. The Hall–Kier alpha value is -4.68. The molecule has 6 rings (SSSR count). The van der Waals surface area contributed by atoms with E-state index in [1.54, 1.807) is 33.3 Å². The number of H-pyrrole nitrogens is 2. The summed E-state index contributed by atoms with van der Waals surface area (Å²) in [6.45, 7) is 2.13. The molecule has 3 N–H and O–H groups in total. The Bertz CT molecular complexity index is 1750. The van der Waals surface area contributed by atoms with Crippen LogP contribution >= 0.6 is 22.7 Å². The monoisotopic (exact) mass is 576 g/mol. The summed E-state index contributed by atoms with van der Waals surface area (Å²) in [5.74, 6) is 0.183. The maximum Gasteiger partial charge on any atom is 0.354 e. The van der Waals surface area contributed by atoms with Crippen molar-refractivity contribution in [3.8, 4) is 32.6 Å². The van der Waals surface area contributed by atoms with Gasteiger partial charge in [0.2, 0.25) is 0 Å². The molecule has 0 amide bonds. The van der Waals surface area contributed by atoms with Crippen LogP contribution < -0.4 is 9.47 Å². The third kappa shape index (κ3) is 5.40. The van der Waals surface area contributed by atoms with Gasteiger partial charge in [-0.25, -0.2) is 19.6 Å². The third-order valence-corrected chi connectivity index (χ3v) is 7.84. The molecule has 0 aliphatic heterocycles. The van der Waals surface area contributed by atoms with Crippen molar-refractivity contribution in [1.29, 1.82) is 0 Å². The first-order valence-corrected chi connectivity index (χ1v) is 13.7. The van der Waals surface area contributed by atoms with Gasteiger partial charge in [0, 0.05) is 0 Å². The van der Waals surface area contributed by atoms with Crippen LogP contribution in [-0.4, -0.2) is 57.8 Å². The molecule has 4 heterocycles. The number of para-hydroxylation sites is 2. The number of thiazole rings is 2. The molecule has 0 saturated heterocycles. The molecule has 0 radical (unpaired) electrons. The van der Waals surface area contributed by atoms with Gasteiger partial charge in [0.1, 0.15) is 44.2 Å². The molecular formula is C28H24N4O6S2. The van der Waals surface area contributed by atoms with Gasteiger partial charge in [0.05, 0.1) is 41.4 Å². The SMILES string of the molecule is CCOC(=O)c1cc2sc(-c3ccccc3OC)nc2[nH]1.COc1ccccc1-c1nc2[nH]c(C(=O)O)cc2s1. The largest absolute Gasteiger partial charge is 0.496 e. The number of aromatic nitrogens is 4. The second-order valence-electron chi connectivity index (χ2n) is 8.26. The lowest BCUT2D eigenvalue weighted by Crippen LogP contribution is -2.04. The Morgan fingerprint density at radius 3 is 1.73 bits per heavy atom. The third-order valence-electron chi connectivity index (χ3n) is 5.76. The number of methoxy groups -OCH3 is 2. The van der Waals surface area contributed by atoms with Gasteiger partial charge in [-0.2, -0.15) is 0 Å². The average molecular weight is 577 g/mol. The van der Waals surface area contributed by atoms with Crippen molar-refractivity contribution in [2.24, 2.45) is 0 Å². The fourth-order valence-electron chi connectivity index (χ4n) is 3.94. The number of carbonyl (C=O) groups is 2. The number of aromatic amines is 2. The van der Waals surface area contributed by atoms with Crippen molar-refractivity contribution in [3.63, 3.8) is 0 Å². The van der Waals surface area contributed by atoms with Gasteiger partial charge in [0.25, 0.3) is 0 Å². The summed E-state index contributed by atoms with van der Waals surface area (Å²) in [5.41, 5.74) is 3.69. The Labute approximate surface area is 236 Å². The Morgan fingerprint density at radius 2 is 1.27 bits per heavy atom. The molecule has 0 bridgehead atoms. The molecule has 4 aromatic heterocycles. The first-order valence-electron chi connectivity index (χ1n) is 12.1. The number of fused-ring (bicyclic) bond motifs is 2. The number of nitrogens with one attached hydrogen (secondary N) is 2. The Kier molecular flexibility index (Phi) is 7.80. The van der Waals surface area contributed by atoms with Crippen molar-refractivity contribution >= 4 is 55.3 Å². The highest BCUT2D eigenvalue weighted by molar-refractivity contribution is 7.22. The topological polar surface area (TPSA) is 139 Å². The smallest absolute Gasteiger partial charge is 0.354 e. The van der Waals surface area contributed by atoms with Crippen LogP contribution in [0.3, 0.4) is 0 Å². The van der Waals surface area contributed by atoms with Crippen LogP contribution in [0.25, 0.3) is 41.8 Å². The number of benzene rings is 2. The molecule has 204 valence electrons. The van der Waals surface area contributed by atoms with Gasteiger partial charge in [-0.15, -0.1) is 22.7 Å². The maximum absolute atomic E-state index is 11.7. The molecule has 0 spiro atoms. The first kappa shape index (κ1) is 26.9. The maximum atomic E-state index is 11.7. The summed E-state index contributed by atoms with van der Waals surface area (Å²) < 4.78 is 17.3. The second-order valence-corrected chi connectivity index (χ2v) is 10.3. The highest BCUT2D eigenvalue weighted by Gasteiger charge is 2.17. The van der Waals surface area contributed by atoms with Gasteiger partial charge in [-0.3, -0.25) is 0 Å². The van der Waals surface area contributed by atoms with E-state index >= 15 is 0 Å². The quantitative estimate of drug-likeness (QED) is 0.184. The zero-order chi connectivity index (χ0) is 28.2. The summed E-state index contributed by atoms with van der Waals surface area (Å²) in [5, 5.41) is 10.6. The number of aromatic carboxylic acids is 1. The summed E-state index contributed by atoms with van der Waals surface area (Å²) >= 11 is 2.94. The minimum Gasteiger partial charge on any atom is -0.496 e. The number of nitrogens with zero attached hydrogens (tertiary/aromatic N) is 2. The van der Waals surface area contributed by atoms with Crippen LogP contribution in [-0.2, 0) is 4.74 Å². The van der Waals surface area contributed by atoms with E-state index in [4.69, 9.17) is 19.3 Å². The second kappa shape index (κ2) is 11.6. The number of carboxylic acids is 1. The van der Waals surface area contributed by atoms with Gasteiger partial charge >= 0.3 is 11.9 Å². The summed E-state index contributed by atoms with van der Waals surface area (Å²) in [6, 6.07) is 18.7. The van der Waals surface area contributed by atoms with E-state index in [1.165, 1.54) is 22.7 Å². The van der Waals surface area contributed by atoms with Crippen LogP contribution in [0, 0.1) is 0 Å². The molecule has 0 saturated carbocycles. The number of carbonyl (C=O) groups excluding carboxylic acids is 1. The average Bonchev–Trinajstić information content (AvgIpc) is 3.73. The molecule has 0 aliphatic carbocycles. The number of carboxylic acid groups (broad SMARTS) is 1. The van der Waals surface area contributed by atoms with Gasteiger partial charge in [-0.05, 0) is 43.3 Å². The highest BCUT2D eigenvalue weighted by atomic mass is 32.1.